The average molecular weight is 990 g/mol. The number of nitrogens with zero attached hydrogens (tertiary/aromatic N) is 3. The van der Waals surface area contributed by atoms with E-state index in [9.17, 15) is 63.1 Å². The summed E-state index contributed by atoms with van der Waals surface area (Å²) in [4.78, 5) is 114. The van der Waals surface area contributed by atoms with Crippen molar-refractivity contribution < 1.29 is 147 Å². The third-order valence-corrected chi connectivity index (χ3v) is 12.1. The summed E-state index contributed by atoms with van der Waals surface area (Å²) in [5.41, 5.74) is 11.5. The van der Waals surface area contributed by atoms with Crippen LogP contribution in [-0.4, -0.2) is 179 Å². The van der Waals surface area contributed by atoms with Crippen LogP contribution in [0.25, 0.3) is 0 Å². The molecule has 0 aromatic carbocycles. The van der Waals surface area contributed by atoms with Crippen molar-refractivity contribution in [3.8, 4) is 0 Å². The van der Waals surface area contributed by atoms with Crippen LogP contribution in [0.15, 0.2) is 11.3 Å². The van der Waals surface area contributed by atoms with Crippen molar-refractivity contribution in [2.24, 2.45) is 16.5 Å². The molecule has 3 heterocycles. The summed E-state index contributed by atoms with van der Waals surface area (Å²) in [6.07, 6.45) is -6.71. The fourth-order valence-electron chi connectivity index (χ4n) is 5.33. The minimum Gasteiger partial charge on any atom is -0.480 e. The summed E-state index contributed by atoms with van der Waals surface area (Å²) in [6.45, 7) is -2.42. The second-order valence-corrected chi connectivity index (χ2v) is 17.3. The van der Waals surface area contributed by atoms with E-state index in [-0.39, 0.29) is 95.2 Å². The number of hydrogen-bond acceptors (Lipinski definition) is 20. The number of imidazole rings is 1. The van der Waals surface area contributed by atoms with Crippen LogP contribution in [-0.2, 0) is 52.2 Å². The monoisotopic (exact) mass is 989 g/mol. The molecule has 0 radical (unpaired) electrons. The van der Waals surface area contributed by atoms with Crippen LogP contribution < -0.4 is 102 Å². The number of carbonyl (C=O) groups excluding carboxylic acids is 4. The molecule has 1 aromatic heterocycles. The van der Waals surface area contributed by atoms with Crippen LogP contribution in [0.2, 0.25) is 0 Å². The summed E-state index contributed by atoms with van der Waals surface area (Å²) in [5, 5.41) is 71.3. The number of ether oxygens (including phenoxy) is 1. The molecule has 4 amide bonds. The van der Waals surface area contributed by atoms with Gasteiger partial charge in [0.1, 0.15) is 79.6 Å². The van der Waals surface area contributed by atoms with Gasteiger partial charge in [0.15, 0.2) is 6.23 Å². The number of nitrogens with two attached hydrogens (primary N) is 2. The van der Waals surface area contributed by atoms with E-state index >= 15 is 0 Å². The van der Waals surface area contributed by atoms with E-state index in [0.29, 0.717) is 5.82 Å². The fraction of sp³-hybridized carbons (Fsp3) is 0.600. The second kappa shape index (κ2) is 28.2. The quantitative estimate of drug-likeness (QED) is 0.0168. The summed E-state index contributed by atoms with van der Waals surface area (Å²) in [7, 11) is -3.34. The number of carboxylic acids is 4. The Morgan fingerprint density at radius 3 is 1.91 bits per heavy atom. The van der Waals surface area contributed by atoms with Gasteiger partial charge in [0, 0.05) is 24.3 Å². The third kappa shape index (κ3) is 19.0. The predicted molar refractivity (Wildman–Crippen MR) is 212 cm³/mol. The first-order valence-corrected chi connectivity index (χ1v) is 22.1. The molecular formula is C30H46N11Na2O18PS2+2. The van der Waals surface area contributed by atoms with Crippen LogP contribution in [0.4, 0.5) is 5.82 Å². The van der Waals surface area contributed by atoms with Crippen molar-refractivity contribution >= 4 is 88.5 Å². The third-order valence-electron chi connectivity index (χ3n) is 8.52. The minimum atomic E-state index is -5.03. The zero-order valence-electron chi connectivity index (χ0n) is 34.1. The Bertz CT molecular complexity index is 1920. The summed E-state index contributed by atoms with van der Waals surface area (Å²) >= 11 is 0. The van der Waals surface area contributed by atoms with E-state index in [2.05, 4.69) is 36.6 Å². The first-order chi connectivity index (χ1) is 29.1. The molecule has 0 bridgehead atoms. The molecule has 1 fully saturated rings. The Morgan fingerprint density at radius 1 is 0.875 bits per heavy atom. The zero-order chi connectivity index (χ0) is 46.3. The van der Waals surface area contributed by atoms with Crippen LogP contribution in [0.5, 0.6) is 0 Å². The maximum atomic E-state index is 12.9. The molecule has 1 saturated heterocycles. The van der Waals surface area contributed by atoms with Crippen LogP contribution in [0.1, 0.15) is 37.6 Å². The molecule has 17 N–H and O–H groups in total. The maximum absolute atomic E-state index is 12.9. The number of amides is 4. The fourth-order valence-corrected chi connectivity index (χ4v) is 8.71. The van der Waals surface area contributed by atoms with Crippen LogP contribution in [0, 0.1) is 0 Å². The number of aliphatic imine (C=N–C) groups is 1. The van der Waals surface area contributed by atoms with Crippen molar-refractivity contribution in [3.05, 3.63) is 12.0 Å². The zero-order valence-corrected chi connectivity index (χ0v) is 40.7. The normalized spacial score (nSPS) is 20.3. The first kappa shape index (κ1) is 58.9. The topological polar surface area (TPSA) is 468 Å². The van der Waals surface area contributed by atoms with Gasteiger partial charge >= 0.3 is 90.7 Å². The number of fused-ring (bicyclic) bond motifs is 1. The number of aromatic nitrogens is 2. The van der Waals surface area contributed by atoms with Gasteiger partial charge in [0.05, 0.1) is 12.9 Å². The van der Waals surface area contributed by atoms with Gasteiger partial charge < -0.3 is 78.3 Å². The Hall–Kier alpha value is -3.11. The van der Waals surface area contributed by atoms with Gasteiger partial charge in [-0.2, -0.15) is 0 Å². The summed E-state index contributed by atoms with van der Waals surface area (Å²) < 4.78 is 24.9. The van der Waals surface area contributed by atoms with Crippen molar-refractivity contribution in [2.45, 2.75) is 74.4 Å². The van der Waals surface area contributed by atoms with E-state index in [1.807, 2.05) is 5.09 Å². The number of aliphatic hydroxyl groups excluding tert-OH is 2. The molecule has 2 aliphatic heterocycles. The van der Waals surface area contributed by atoms with Gasteiger partial charge in [-0.15, -0.1) is 0 Å². The molecule has 0 saturated carbocycles. The van der Waals surface area contributed by atoms with Gasteiger partial charge in [-0.1, -0.05) is 21.6 Å². The second-order valence-electron chi connectivity index (χ2n) is 13.2. The van der Waals surface area contributed by atoms with Gasteiger partial charge in [0.2, 0.25) is 23.6 Å². The number of aliphatic carboxylic acids is 4. The standard InChI is InChI=1S/C30H46N11O18PS2.2Na/c31-12(29(52)53)1-3-17(42)38-14(26(50)33-5-19(44)45)8-61-62-9-15(27(51)34-6-20(46)47)39-18(43)4-2-13(30(54)55)40-60(56,57)58-7-16-22(48)23(49)28(59-16)41-11-37-21-24(32)35-10-36-25(21)41;;/h11-16,22-23,28,36,48-49H,1-10,31H2,(H2,32,35)(H,33,50)(H,34,51)(H,38,42)(H,39,43)(H,44,45)(H,46,47)(H,52,53)(H,54,55)(H2,40,56,57);;/q;2*+1/t12?,13?,14?,15?,16?,22-,23-,28-;;/m0../s1. The van der Waals surface area contributed by atoms with Crippen LogP contribution in [0.3, 0.4) is 0 Å². The van der Waals surface area contributed by atoms with Crippen molar-refractivity contribution in [3.63, 3.8) is 0 Å². The molecule has 0 aliphatic carbocycles. The molecule has 1 aromatic rings. The Labute approximate surface area is 414 Å². The Kier molecular flexibility index (Phi) is 25.9. The van der Waals surface area contributed by atoms with Crippen molar-refractivity contribution in [2.75, 3.05) is 43.2 Å². The van der Waals surface area contributed by atoms with E-state index in [1.54, 1.807) is 0 Å². The molecule has 9 atom stereocenters. The van der Waals surface area contributed by atoms with Gasteiger partial charge in [-0.3, -0.25) is 47.4 Å². The molecule has 2 aliphatic rings. The molecule has 29 nitrogen and oxygen atoms in total. The first-order valence-electron chi connectivity index (χ1n) is 18.0. The smallest absolute Gasteiger partial charge is 0.480 e. The van der Waals surface area contributed by atoms with Crippen LogP contribution >= 0.6 is 29.3 Å². The number of nitrogens with one attached hydrogen (secondary N) is 6. The van der Waals surface area contributed by atoms with E-state index in [1.165, 1.54) is 10.9 Å². The Balaban J connectivity index is 0.0000102. The minimum absolute atomic E-state index is 0. The number of amidine groups is 1. The molecule has 0 spiro atoms. The van der Waals surface area contributed by atoms with E-state index in [4.69, 9.17) is 36.0 Å². The van der Waals surface area contributed by atoms with Crippen molar-refractivity contribution in [1.82, 2.24) is 35.9 Å². The number of carbonyl (C=O) groups is 8. The van der Waals surface area contributed by atoms with Crippen molar-refractivity contribution in [1.29, 1.82) is 0 Å². The Morgan fingerprint density at radius 2 is 1.41 bits per heavy atom. The van der Waals surface area contributed by atoms with E-state index in [0.717, 1.165) is 21.6 Å². The SMILES string of the molecule is NC1=NCNc2c1ncn2[C@H]1OC(COP(=O)(O)NC(CCC(=O)NC(CSSCC(NC(=O)CCC(N)C(=O)O)C(=O)NCC(=O)O)C(=O)NCC(=O)O)C(=O)O)[C@H](O)[C@@H]1O.[Na+].[Na+]. The molecule has 34 heteroatoms. The molecule has 6 unspecified atom stereocenters. The molecule has 3 rings (SSSR count). The maximum Gasteiger partial charge on any atom is 1.00 e. The number of carboxylic acid groups (broad SMARTS) is 4. The number of rotatable bonds is 27. The molecule has 64 heavy (non-hydrogen) atoms. The van der Waals surface area contributed by atoms with Gasteiger partial charge in [0.25, 0.3) is 0 Å². The van der Waals surface area contributed by atoms with Gasteiger partial charge in [-0.05, 0) is 12.8 Å². The molecular weight excluding hydrogens is 943 g/mol. The van der Waals surface area contributed by atoms with E-state index < -0.39 is 143 Å². The average Bonchev–Trinajstić information content (AvgIpc) is 3.76. The largest absolute Gasteiger partial charge is 1.00 e. The summed E-state index contributed by atoms with van der Waals surface area (Å²) in [6, 6.07) is -6.15. The summed E-state index contributed by atoms with van der Waals surface area (Å²) in [5.74, 6) is -9.77. The predicted octanol–water partition coefficient (Wildman–Crippen LogP) is -11.5. The van der Waals surface area contributed by atoms with Gasteiger partial charge in [-0.25, -0.2) is 19.6 Å². The number of hydrogen-bond donors (Lipinski definition) is 15. The molecule has 346 valence electrons. The number of aliphatic hydroxyl groups is 2. The number of anilines is 1.